The van der Waals surface area contributed by atoms with Crippen LogP contribution in [0, 0.1) is 29.4 Å². The zero-order valence-electron chi connectivity index (χ0n) is 17.6. The Bertz CT molecular complexity index is 1320. The molecule has 2 atom stereocenters. The molecule has 1 aromatic carbocycles. The molecule has 2 aromatic heterocycles. The van der Waals surface area contributed by atoms with Crippen LogP contribution >= 0.6 is 0 Å². The Morgan fingerprint density at radius 3 is 2.58 bits per heavy atom. The molecular weight excluding hydrogens is 428 g/mol. The monoisotopic (exact) mass is 449 g/mol. The second kappa shape index (κ2) is 7.54. The van der Waals surface area contributed by atoms with Crippen LogP contribution in [0.4, 0.5) is 14.6 Å². The molecule has 7 rings (SSSR count). The number of aromatic nitrogens is 4. The summed E-state index contributed by atoms with van der Waals surface area (Å²) in [6, 6.07) is 1.89. The summed E-state index contributed by atoms with van der Waals surface area (Å²) < 4.78 is 28.2. The molecule has 3 fully saturated rings. The van der Waals surface area contributed by atoms with E-state index in [2.05, 4.69) is 25.3 Å². The maximum Gasteiger partial charge on any atom is 0.308 e. The highest BCUT2D eigenvalue weighted by molar-refractivity contribution is 5.88. The first-order chi connectivity index (χ1) is 16.0. The summed E-state index contributed by atoms with van der Waals surface area (Å²) in [5, 5.41) is 13.3. The van der Waals surface area contributed by atoms with Gasteiger partial charge in [-0.2, -0.15) is 0 Å². The van der Waals surface area contributed by atoms with E-state index in [-0.39, 0.29) is 23.7 Å². The van der Waals surface area contributed by atoms with Gasteiger partial charge in [0.15, 0.2) is 17.3 Å². The zero-order chi connectivity index (χ0) is 22.7. The summed E-state index contributed by atoms with van der Waals surface area (Å²) in [5.41, 5.74) is 2.13. The standard InChI is InChI=1S/C24H21F2N5O2/c25-13-9-16-14(17(26)10-13)5-6-15(16)21-30-22-20(27-7-8-28-22)23(31-21)29-19-12-3-1-11(2-4-12)18(19)24(32)33/h6-12,18-19H,1-5H2,(H,32,33)(H,28,29,30,31). The molecule has 4 aliphatic carbocycles. The quantitative estimate of drug-likeness (QED) is 0.621. The molecule has 3 aromatic rings. The molecule has 2 bridgehead atoms. The van der Waals surface area contributed by atoms with Crippen LogP contribution in [-0.2, 0) is 11.2 Å². The molecule has 9 heteroatoms. The summed E-state index contributed by atoms with van der Waals surface area (Å²) in [5.74, 6) is -1.52. The van der Waals surface area contributed by atoms with Crippen molar-refractivity contribution >= 4 is 28.5 Å². The predicted octanol–water partition coefficient (Wildman–Crippen LogP) is 3.99. The Kier molecular flexibility index (Phi) is 4.60. The third-order valence-corrected chi connectivity index (χ3v) is 7.34. The van der Waals surface area contributed by atoms with Gasteiger partial charge in [-0.1, -0.05) is 6.08 Å². The second-order valence-electron chi connectivity index (χ2n) is 9.07. The molecule has 3 saturated carbocycles. The Morgan fingerprint density at radius 1 is 1.03 bits per heavy atom. The summed E-state index contributed by atoms with van der Waals surface area (Å²) in [6.45, 7) is 0. The van der Waals surface area contributed by atoms with Gasteiger partial charge in [-0.3, -0.25) is 4.79 Å². The number of hydrogen-bond donors (Lipinski definition) is 2. The molecule has 33 heavy (non-hydrogen) atoms. The number of anilines is 1. The van der Waals surface area contributed by atoms with Crippen LogP contribution in [0.3, 0.4) is 0 Å². The number of carboxylic acids is 1. The molecule has 0 saturated heterocycles. The van der Waals surface area contributed by atoms with Gasteiger partial charge in [0.2, 0.25) is 0 Å². The van der Waals surface area contributed by atoms with Crippen molar-refractivity contribution in [3.05, 3.63) is 59.2 Å². The van der Waals surface area contributed by atoms with E-state index in [1.807, 2.05) is 0 Å². The lowest BCUT2D eigenvalue weighted by Gasteiger charge is -2.47. The molecule has 168 valence electrons. The third kappa shape index (κ3) is 3.25. The predicted molar refractivity (Wildman–Crippen MR) is 116 cm³/mol. The van der Waals surface area contributed by atoms with E-state index in [9.17, 15) is 18.7 Å². The molecule has 2 heterocycles. The summed E-state index contributed by atoms with van der Waals surface area (Å²) in [6.07, 6.45) is 8.95. The number of nitrogens with zero attached hydrogens (tertiary/aromatic N) is 4. The number of allylic oxidation sites excluding steroid dienone is 1. The van der Waals surface area contributed by atoms with Gasteiger partial charge in [0.25, 0.3) is 0 Å². The van der Waals surface area contributed by atoms with Gasteiger partial charge in [-0.05, 0) is 61.1 Å². The number of aliphatic carboxylic acids is 1. The molecule has 2 N–H and O–H groups in total. The van der Waals surface area contributed by atoms with E-state index in [4.69, 9.17) is 0 Å². The van der Waals surface area contributed by atoms with Gasteiger partial charge in [-0.15, -0.1) is 0 Å². The van der Waals surface area contributed by atoms with E-state index in [1.54, 1.807) is 6.08 Å². The zero-order valence-corrected chi connectivity index (χ0v) is 17.6. The van der Waals surface area contributed by atoms with E-state index in [1.165, 1.54) is 18.5 Å². The third-order valence-electron chi connectivity index (χ3n) is 7.34. The molecule has 0 aliphatic heterocycles. The second-order valence-corrected chi connectivity index (χ2v) is 9.07. The molecule has 0 spiro atoms. The number of carbonyl (C=O) groups is 1. The van der Waals surface area contributed by atoms with Crippen molar-refractivity contribution in [1.82, 2.24) is 19.9 Å². The van der Waals surface area contributed by atoms with Crippen LogP contribution in [0.2, 0.25) is 0 Å². The minimum Gasteiger partial charge on any atom is -0.481 e. The van der Waals surface area contributed by atoms with Gasteiger partial charge in [0, 0.05) is 30.1 Å². The van der Waals surface area contributed by atoms with Gasteiger partial charge in [0.1, 0.15) is 17.2 Å². The number of carboxylic acid groups (broad SMARTS) is 1. The van der Waals surface area contributed by atoms with Crippen molar-refractivity contribution in [1.29, 1.82) is 0 Å². The van der Waals surface area contributed by atoms with Gasteiger partial charge in [-0.25, -0.2) is 28.7 Å². The van der Waals surface area contributed by atoms with Crippen molar-refractivity contribution in [2.24, 2.45) is 17.8 Å². The molecule has 7 nitrogen and oxygen atoms in total. The molecular formula is C24H21F2N5O2. The number of benzene rings is 1. The fraction of sp³-hybridized carbons (Fsp3) is 0.375. The first-order valence-electron chi connectivity index (χ1n) is 11.2. The van der Waals surface area contributed by atoms with Gasteiger partial charge in [0.05, 0.1) is 5.92 Å². The molecule has 4 aliphatic rings. The van der Waals surface area contributed by atoms with Crippen LogP contribution in [0.5, 0.6) is 0 Å². The highest BCUT2D eigenvalue weighted by Crippen LogP contribution is 2.46. The fourth-order valence-electron chi connectivity index (χ4n) is 5.83. The summed E-state index contributed by atoms with van der Waals surface area (Å²) in [7, 11) is 0. The highest BCUT2D eigenvalue weighted by Gasteiger charge is 2.47. The Balaban J connectivity index is 1.45. The van der Waals surface area contributed by atoms with Crippen molar-refractivity contribution < 1.29 is 18.7 Å². The van der Waals surface area contributed by atoms with Crippen LogP contribution in [0.25, 0.3) is 16.7 Å². The van der Waals surface area contributed by atoms with E-state index in [0.29, 0.717) is 40.1 Å². The van der Waals surface area contributed by atoms with Crippen LogP contribution in [-0.4, -0.2) is 37.1 Å². The SMILES string of the molecule is O=C(O)C1C2CCC(CC2)C1Nc1nc(C2=CCc3c(F)cc(F)cc32)nc2nccnc12. The number of hydrogen-bond acceptors (Lipinski definition) is 6. The average Bonchev–Trinajstić information content (AvgIpc) is 3.23. The van der Waals surface area contributed by atoms with E-state index < -0.39 is 23.5 Å². The number of nitrogens with one attached hydrogen (secondary N) is 1. The summed E-state index contributed by atoms with van der Waals surface area (Å²) in [4.78, 5) is 30.0. The maximum atomic E-state index is 14.3. The van der Waals surface area contributed by atoms with Crippen molar-refractivity contribution in [2.75, 3.05) is 5.32 Å². The lowest BCUT2D eigenvalue weighted by Crippen LogP contribution is -2.51. The highest BCUT2D eigenvalue weighted by atomic mass is 19.1. The molecule has 2 unspecified atom stereocenters. The number of fused-ring (bicyclic) bond motifs is 5. The first kappa shape index (κ1) is 20.1. The van der Waals surface area contributed by atoms with Gasteiger partial charge < -0.3 is 10.4 Å². The Hall–Kier alpha value is -3.49. The van der Waals surface area contributed by atoms with Crippen LogP contribution in [0.1, 0.15) is 42.6 Å². The lowest BCUT2D eigenvalue weighted by molar-refractivity contribution is -0.148. The average molecular weight is 449 g/mol. The van der Waals surface area contributed by atoms with Crippen LogP contribution in [0.15, 0.2) is 30.6 Å². The van der Waals surface area contributed by atoms with Gasteiger partial charge >= 0.3 is 5.97 Å². The molecule has 0 amide bonds. The molecule has 0 radical (unpaired) electrons. The topological polar surface area (TPSA) is 101 Å². The van der Waals surface area contributed by atoms with E-state index in [0.717, 1.165) is 31.7 Å². The van der Waals surface area contributed by atoms with Crippen molar-refractivity contribution in [3.8, 4) is 0 Å². The Labute approximate surface area is 188 Å². The smallest absolute Gasteiger partial charge is 0.308 e. The Morgan fingerprint density at radius 2 is 1.79 bits per heavy atom. The van der Waals surface area contributed by atoms with Crippen LogP contribution < -0.4 is 5.32 Å². The summed E-state index contributed by atoms with van der Waals surface area (Å²) >= 11 is 0. The van der Waals surface area contributed by atoms with Crippen molar-refractivity contribution in [2.45, 2.75) is 38.1 Å². The minimum absolute atomic E-state index is 0.138. The largest absolute Gasteiger partial charge is 0.481 e. The maximum absolute atomic E-state index is 14.3. The van der Waals surface area contributed by atoms with Crippen molar-refractivity contribution in [3.63, 3.8) is 0 Å². The fourth-order valence-corrected chi connectivity index (χ4v) is 5.83. The minimum atomic E-state index is -0.801. The first-order valence-corrected chi connectivity index (χ1v) is 11.2. The number of rotatable bonds is 4. The van der Waals surface area contributed by atoms with E-state index >= 15 is 0 Å². The number of halogens is 2. The normalized spacial score (nSPS) is 25.7. The lowest BCUT2D eigenvalue weighted by atomic mass is 9.61.